The number of pyridine rings is 1. The maximum absolute atomic E-state index is 12.1. The zero-order valence-electron chi connectivity index (χ0n) is 15.3. The number of nitrogens with zero attached hydrogens (tertiary/aromatic N) is 1. The van der Waals surface area contributed by atoms with Crippen molar-refractivity contribution in [3.63, 3.8) is 0 Å². The van der Waals surface area contributed by atoms with Gasteiger partial charge in [-0.2, -0.15) is 0 Å². The van der Waals surface area contributed by atoms with Gasteiger partial charge in [0, 0.05) is 36.4 Å². The zero-order valence-corrected chi connectivity index (χ0v) is 15.3. The molecule has 2 aromatic rings. The Kier molecular flexibility index (Phi) is 5.34. The molecule has 1 aromatic carbocycles. The maximum atomic E-state index is 12.1. The normalized spacial score (nSPS) is 19.3. The van der Waals surface area contributed by atoms with Crippen LogP contribution >= 0.6 is 0 Å². The minimum atomic E-state index is 0.152. The Labute approximate surface area is 155 Å². The largest absolute Gasteiger partial charge is 0.384 e. The van der Waals surface area contributed by atoms with E-state index in [0.29, 0.717) is 0 Å². The molecule has 1 amide bonds. The van der Waals surface area contributed by atoms with Crippen molar-refractivity contribution in [3.05, 3.63) is 35.5 Å². The van der Waals surface area contributed by atoms with E-state index in [9.17, 15) is 4.79 Å². The number of benzene rings is 1. The summed E-state index contributed by atoms with van der Waals surface area (Å²) in [5, 5.41) is 11.2. The van der Waals surface area contributed by atoms with Gasteiger partial charge in [0.1, 0.15) is 0 Å². The first-order valence-corrected chi connectivity index (χ1v) is 9.96. The molecular formula is C21H28N4O. The van der Waals surface area contributed by atoms with Gasteiger partial charge in [-0.1, -0.05) is 18.2 Å². The van der Waals surface area contributed by atoms with Crippen molar-refractivity contribution in [2.45, 2.75) is 38.5 Å². The van der Waals surface area contributed by atoms with Crippen LogP contribution in [0.2, 0.25) is 0 Å². The van der Waals surface area contributed by atoms with E-state index in [1.165, 1.54) is 35.2 Å². The number of nitrogens with one attached hydrogen (secondary N) is 3. The molecular weight excluding hydrogens is 324 g/mol. The third kappa shape index (κ3) is 3.68. The Morgan fingerprint density at radius 2 is 2.08 bits per heavy atom. The third-order valence-corrected chi connectivity index (χ3v) is 5.55. The molecule has 0 bridgehead atoms. The monoisotopic (exact) mass is 352 g/mol. The topological polar surface area (TPSA) is 66.0 Å². The predicted molar refractivity (Wildman–Crippen MR) is 105 cm³/mol. The van der Waals surface area contributed by atoms with E-state index in [2.05, 4.69) is 40.2 Å². The molecule has 3 N–H and O–H groups in total. The lowest BCUT2D eigenvalue weighted by Crippen LogP contribution is -2.33. The van der Waals surface area contributed by atoms with Crippen LogP contribution in [0.3, 0.4) is 0 Å². The van der Waals surface area contributed by atoms with Crippen LogP contribution in [0.1, 0.15) is 36.9 Å². The van der Waals surface area contributed by atoms with Gasteiger partial charge in [0.15, 0.2) is 0 Å². The molecule has 2 heterocycles. The fourth-order valence-corrected chi connectivity index (χ4v) is 4.11. The number of hydrogen-bond acceptors (Lipinski definition) is 4. The quantitative estimate of drug-likeness (QED) is 0.699. The van der Waals surface area contributed by atoms with E-state index in [4.69, 9.17) is 4.98 Å². The number of anilines is 1. The van der Waals surface area contributed by atoms with E-state index >= 15 is 0 Å². The van der Waals surface area contributed by atoms with E-state index in [1.807, 2.05) is 0 Å². The Balaban J connectivity index is 1.38. The highest BCUT2D eigenvalue weighted by Crippen LogP contribution is 2.33. The van der Waals surface area contributed by atoms with Gasteiger partial charge in [-0.15, -0.1) is 0 Å². The highest BCUT2D eigenvalue weighted by molar-refractivity contribution is 5.93. The zero-order chi connectivity index (χ0) is 17.8. The summed E-state index contributed by atoms with van der Waals surface area (Å²) in [7, 11) is 0. The average Bonchev–Trinajstić information content (AvgIpc) is 3.22. The number of amides is 1. The van der Waals surface area contributed by atoms with E-state index in [0.717, 1.165) is 57.4 Å². The number of carbonyl (C=O) groups is 1. The molecule has 1 saturated heterocycles. The van der Waals surface area contributed by atoms with Crippen LogP contribution in [0.5, 0.6) is 0 Å². The fraction of sp³-hybridized carbons (Fsp3) is 0.524. The Hall–Kier alpha value is -2.14. The Bertz CT molecular complexity index is 783. The van der Waals surface area contributed by atoms with Crippen molar-refractivity contribution >= 4 is 22.5 Å². The van der Waals surface area contributed by atoms with E-state index < -0.39 is 0 Å². The summed E-state index contributed by atoms with van der Waals surface area (Å²) in [5.74, 6) is 0.348. The summed E-state index contributed by atoms with van der Waals surface area (Å²) in [6.07, 6.45) is 6.56. The van der Waals surface area contributed by atoms with Crippen LogP contribution in [0.25, 0.3) is 10.9 Å². The standard InChI is InChI=1S/C21H28N4O/c26-21(15-10-13-22-14-15)24-12-5-11-23-20-16-6-1-3-8-18(16)25-19-9-4-2-7-17(19)20/h1,3,6,8,15,22H,2,4-5,7,9-14H2,(H,23,25)(H,24,26)/t15-/m1/s1. The van der Waals surface area contributed by atoms with Gasteiger partial charge in [0.25, 0.3) is 0 Å². The third-order valence-electron chi connectivity index (χ3n) is 5.55. The minimum absolute atomic E-state index is 0.152. The number of carbonyl (C=O) groups excluding carboxylic acids is 1. The number of rotatable bonds is 6. The molecule has 1 atom stereocenters. The average molecular weight is 352 g/mol. The van der Waals surface area contributed by atoms with Crippen molar-refractivity contribution < 1.29 is 4.79 Å². The SMILES string of the molecule is O=C(NCCCNc1c2c(nc3ccccc13)CCCC2)[C@@H]1CCNC1. The summed E-state index contributed by atoms with van der Waals surface area (Å²) in [5.41, 5.74) is 5.00. The lowest BCUT2D eigenvalue weighted by molar-refractivity contribution is -0.124. The number of fused-ring (bicyclic) bond motifs is 2. The fourth-order valence-electron chi connectivity index (χ4n) is 4.11. The van der Waals surface area contributed by atoms with Gasteiger partial charge in [-0.25, -0.2) is 0 Å². The molecule has 0 saturated carbocycles. The van der Waals surface area contributed by atoms with Crippen LogP contribution in [0.4, 0.5) is 5.69 Å². The molecule has 5 nitrogen and oxygen atoms in total. The van der Waals surface area contributed by atoms with Gasteiger partial charge in [-0.3, -0.25) is 9.78 Å². The summed E-state index contributed by atoms with van der Waals surface area (Å²) in [6, 6.07) is 8.40. The van der Waals surface area contributed by atoms with Gasteiger partial charge in [0.05, 0.1) is 11.4 Å². The van der Waals surface area contributed by atoms with Gasteiger partial charge >= 0.3 is 0 Å². The Morgan fingerprint density at radius 3 is 2.96 bits per heavy atom. The summed E-state index contributed by atoms with van der Waals surface area (Å²) in [6.45, 7) is 3.37. The highest BCUT2D eigenvalue weighted by Gasteiger charge is 2.21. The van der Waals surface area contributed by atoms with Gasteiger partial charge in [-0.05, 0) is 56.7 Å². The molecule has 0 radical (unpaired) electrons. The molecule has 26 heavy (non-hydrogen) atoms. The molecule has 1 aliphatic carbocycles. The molecule has 1 aliphatic heterocycles. The lowest BCUT2D eigenvalue weighted by Gasteiger charge is -2.21. The minimum Gasteiger partial charge on any atom is -0.384 e. The van der Waals surface area contributed by atoms with Crippen molar-refractivity contribution in [1.82, 2.24) is 15.6 Å². The number of aryl methyl sites for hydroxylation is 1. The smallest absolute Gasteiger partial charge is 0.224 e. The number of hydrogen-bond donors (Lipinski definition) is 3. The van der Waals surface area contributed by atoms with Gasteiger partial charge < -0.3 is 16.0 Å². The van der Waals surface area contributed by atoms with Crippen LogP contribution in [-0.2, 0) is 17.6 Å². The molecule has 2 aliphatic rings. The van der Waals surface area contributed by atoms with Gasteiger partial charge in [0.2, 0.25) is 5.91 Å². The van der Waals surface area contributed by atoms with E-state index in [-0.39, 0.29) is 11.8 Å². The predicted octanol–water partition coefficient (Wildman–Crippen LogP) is 2.64. The first-order valence-electron chi connectivity index (χ1n) is 9.96. The van der Waals surface area contributed by atoms with Crippen molar-refractivity contribution in [2.75, 3.05) is 31.5 Å². The Morgan fingerprint density at radius 1 is 1.19 bits per heavy atom. The van der Waals surface area contributed by atoms with Crippen molar-refractivity contribution in [1.29, 1.82) is 0 Å². The van der Waals surface area contributed by atoms with Crippen LogP contribution in [0, 0.1) is 5.92 Å². The summed E-state index contributed by atoms with van der Waals surface area (Å²) < 4.78 is 0. The lowest BCUT2D eigenvalue weighted by atomic mass is 9.92. The number of aromatic nitrogens is 1. The molecule has 1 aromatic heterocycles. The molecule has 4 rings (SSSR count). The van der Waals surface area contributed by atoms with Crippen molar-refractivity contribution in [3.8, 4) is 0 Å². The number of para-hydroxylation sites is 1. The first-order chi connectivity index (χ1) is 12.8. The summed E-state index contributed by atoms with van der Waals surface area (Å²) in [4.78, 5) is 17.0. The second-order valence-electron chi connectivity index (χ2n) is 7.40. The molecule has 1 fully saturated rings. The second kappa shape index (κ2) is 8.04. The molecule has 0 unspecified atom stereocenters. The first kappa shape index (κ1) is 17.3. The molecule has 138 valence electrons. The van der Waals surface area contributed by atoms with Crippen molar-refractivity contribution in [2.24, 2.45) is 5.92 Å². The molecule has 0 spiro atoms. The summed E-state index contributed by atoms with van der Waals surface area (Å²) >= 11 is 0. The van der Waals surface area contributed by atoms with Crippen LogP contribution in [-0.4, -0.2) is 37.1 Å². The van der Waals surface area contributed by atoms with Crippen LogP contribution < -0.4 is 16.0 Å². The second-order valence-corrected chi connectivity index (χ2v) is 7.40. The highest BCUT2D eigenvalue weighted by atomic mass is 16.1. The molecule has 5 heteroatoms. The van der Waals surface area contributed by atoms with Crippen LogP contribution in [0.15, 0.2) is 24.3 Å². The maximum Gasteiger partial charge on any atom is 0.224 e. The van der Waals surface area contributed by atoms with E-state index in [1.54, 1.807) is 0 Å².